The molecule has 0 fully saturated rings. The molecule has 0 aromatic heterocycles. The molecule has 0 amide bonds. The maximum absolute atomic E-state index is 9.01. The molecule has 0 aliphatic rings. The van der Waals surface area contributed by atoms with Gasteiger partial charge in [0.15, 0.2) is 0 Å². The molecule has 0 aliphatic carbocycles. The van der Waals surface area contributed by atoms with Gasteiger partial charge in [0.2, 0.25) is 0 Å². The van der Waals surface area contributed by atoms with E-state index in [1.807, 2.05) is 37.3 Å². The Hall–Kier alpha value is -1.28. The molecule has 13 heavy (non-hydrogen) atoms. The average Bonchev–Trinajstić information content (AvgIpc) is 2.21. The first-order valence-electron chi connectivity index (χ1n) is 4.22. The zero-order valence-electron chi connectivity index (χ0n) is 7.95. The number of rotatable bonds is 3. The molecule has 1 N–H and O–H groups in total. The number of methoxy groups -OCH3 is 1. The first-order chi connectivity index (χ1) is 6.31. The summed E-state index contributed by atoms with van der Waals surface area (Å²) >= 11 is 0. The summed E-state index contributed by atoms with van der Waals surface area (Å²) in [5.41, 5.74) is 1.97. The lowest BCUT2D eigenvalue weighted by Crippen LogP contribution is -1.90. The molecule has 0 unspecified atom stereocenters. The molecule has 0 spiro atoms. The summed E-state index contributed by atoms with van der Waals surface area (Å²) < 4.78 is 5.03. The van der Waals surface area contributed by atoms with Crippen molar-refractivity contribution in [3.63, 3.8) is 0 Å². The Balaban J connectivity index is 2.91. The summed E-state index contributed by atoms with van der Waals surface area (Å²) in [7, 11) is 1.64. The van der Waals surface area contributed by atoms with Gasteiger partial charge in [0, 0.05) is 0 Å². The lowest BCUT2D eigenvalue weighted by Gasteiger charge is -2.04. The highest BCUT2D eigenvalue weighted by molar-refractivity contribution is 5.66. The first kappa shape index (κ1) is 9.81. The van der Waals surface area contributed by atoms with Crippen LogP contribution in [0.3, 0.4) is 0 Å². The Kier molecular flexibility index (Phi) is 3.53. The van der Waals surface area contributed by atoms with Crippen molar-refractivity contribution in [3.05, 3.63) is 35.9 Å². The number of hydrogen-bond acceptors (Lipinski definition) is 2. The topological polar surface area (TPSA) is 29.5 Å². The maximum atomic E-state index is 9.01. The third-order valence-corrected chi connectivity index (χ3v) is 1.98. The third kappa shape index (κ3) is 2.33. The number of ether oxygens (including phenoxy) is 1. The SMILES string of the molecule is CC=C(CO)c1ccc(OC)cc1. The van der Waals surface area contributed by atoms with Crippen LogP contribution in [0.4, 0.5) is 0 Å². The van der Waals surface area contributed by atoms with E-state index in [0.717, 1.165) is 16.9 Å². The summed E-state index contributed by atoms with van der Waals surface area (Å²) in [6.07, 6.45) is 1.90. The minimum Gasteiger partial charge on any atom is -0.497 e. The van der Waals surface area contributed by atoms with E-state index >= 15 is 0 Å². The van der Waals surface area contributed by atoms with Crippen LogP contribution in [-0.4, -0.2) is 18.8 Å². The van der Waals surface area contributed by atoms with Gasteiger partial charge in [0.1, 0.15) is 5.75 Å². The van der Waals surface area contributed by atoms with E-state index in [-0.39, 0.29) is 6.61 Å². The fraction of sp³-hybridized carbons (Fsp3) is 0.273. The quantitative estimate of drug-likeness (QED) is 0.768. The molecule has 2 heteroatoms. The molecular weight excluding hydrogens is 164 g/mol. The Bertz CT molecular complexity index is 285. The van der Waals surface area contributed by atoms with Crippen LogP contribution in [0.1, 0.15) is 12.5 Å². The zero-order chi connectivity index (χ0) is 9.68. The highest BCUT2D eigenvalue weighted by atomic mass is 16.5. The van der Waals surface area contributed by atoms with Crippen LogP contribution in [0.5, 0.6) is 5.75 Å². The van der Waals surface area contributed by atoms with E-state index in [4.69, 9.17) is 9.84 Å². The van der Waals surface area contributed by atoms with Crippen molar-refractivity contribution in [1.82, 2.24) is 0 Å². The number of allylic oxidation sites excluding steroid dienone is 1. The lowest BCUT2D eigenvalue weighted by atomic mass is 10.1. The molecule has 1 rings (SSSR count). The van der Waals surface area contributed by atoms with Crippen LogP contribution in [0, 0.1) is 0 Å². The van der Waals surface area contributed by atoms with E-state index in [1.54, 1.807) is 7.11 Å². The standard InChI is InChI=1S/C11H14O2/c1-3-9(8-12)10-4-6-11(13-2)7-5-10/h3-7,12H,8H2,1-2H3. The second-order valence-electron chi connectivity index (χ2n) is 2.70. The summed E-state index contributed by atoms with van der Waals surface area (Å²) in [6, 6.07) is 7.64. The van der Waals surface area contributed by atoms with E-state index < -0.39 is 0 Å². The minimum absolute atomic E-state index is 0.0723. The van der Waals surface area contributed by atoms with Gasteiger partial charge in [0.25, 0.3) is 0 Å². The Labute approximate surface area is 78.5 Å². The fourth-order valence-electron chi connectivity index (χ4n) is 1.15. The van der Waals surface area contributed by atoms with Gasteiger partial charge >= 0.3 is 0 Å². The highest BCUT2D eigenvalue weighted by Gasteiger charge is 1.98. The summed E-state index contributed by atoms with van der Waals surface area (Å²) in [5.74, 6) is 0.831. The van der Waals surface area contributed by atoms with Gasteiger partial charge in [-0.1, -0.05) is 18.2 Å². The molecule has 0 radical (unpaired) electrons. The van der Waals surface area contributed by atoms with Gasteiger partial charge < -0.3 is 9.84 Å². The van der Waals surface area contributed by atoms with Crippen molar-refractivity contribution in [1.29, 1.82) is 0 Å². The summed E-state index contributed by atoms with van der Waals surface area (Å²) in [5, 5.41) is 9.01. The first-order valence-corrected chi connectivity index (χ1v) is 4.22. The van der Waals surface area contributed by atoms with Crippen molar-refractivity contribution < 1.29 is 9.84 Å². The molecule has 0 bridgehead atoms. The van der Waals surface area contributed by atoms with Crippen molar-refractivity contribution >= 4 is 5.57 Å². The smallest absolute Gasteiger partial charge is 0.118 e. The van der Waals surface area contributed by atoms with Crippen LogP contribution in [-0.2, 0) is 0 Å². The van der Waals surface area contributed by atoms with Crippen LogP contribution in [0.15, 0.2) is 30.3 Å². The van der Waals surface area contributed by atoms with Gasteiger partial charge in [-0.25, -0.2) is 0 Å². The summed E-state index contributed by atoms with van der Waals surface area (Å²) in [6.45, 7) is 1.98. The average molecular weight is 178 g/mol. The van der Waals surface area contributed by atoms with E-state index in [9.17, 15) is 0 Å². The Morgan fingerprint density at radius 2 is 2.00 bits per heavy atom. The second-order valence-corrected chi connectivity index (χ2v) is 2.70. The molecule has 0 heterocycles. The van der Waals surface area contributed by atoms with Gasteiger partial charge in [-0.3, -0.25) is 0 Å². The van der Waals surface area contributed by atoms with Gasteiger partial charge in [-0.15, -0.1) is 0 Å². The molecule has 0 atom stereocenters. The zero-order valence-corrected chi connectivity index (χ0v) is 7.95. The van der Waals surface area contributed by atoms with Crippen molar-refractivity contribution in [2.24, 2.45) is 0 Å². The minimum atomic E-state index is 0.0723. The molecule has 1 aromatic carbocycles. The largest absolute Gasteiger partial charge is 0.497 e. The van der Waals surface area contributed by atoms with Crippen molar-refractivity contribution in [3.8, 4) is 5.75 Å². The molecule has 2 nitrogen and oxygen atoms in total. The van der Waals surface area contributed by atoms with Crippen LogP contribution in [0.2, 0.25) is 0 Å². The van der Waals surface area contributed by atoms with E-state index in [0.29, 0.717) is 0 Å². The number of hydrogen-bond donors (Lipinski definition) is 1. The lowest BCUT2D eigenvalue weighted by molar-refractivity contribution is 0.350. The molecular formula is C11H14O2. The van der Waals surface area contributed by atoms with Gasteiger partial charge in [-0.2, -0.15) is 0 Å². The molecule has 0 saturated carbocycles. The summed E-state index contributed by atoms with van der Waals surface area (Å²) in [4.78, 5) is 0. The van der Waals surface area contributed by atoms with E-state index in [1.165, 1.54) is 0 Å². The Morgan fingerprint density at radius 3 is 2.38 bits per heavy atom. The van der Waals surface area contributed by atoms with Crippen LogP contribution >= 0.6 is 0 Å². The Morgan fingerprint density at radius 1 is 1.38 bits per heavy atom. The molecule has 0 aliphatic heterocycles. The predicted octanol–water partition coefficient (Wildman–Crippen LogP) is 2.09. The van der Waals surface area contributed by atoms with Gasteiger partial charge in [-0.05, 0) is 30.2 Å². The number of benzene rings is 1. The maximum Gasteiger partial charge on any atom is 0.118 e. The van der Waals surface area contributed by atoms with Crippen LogP contribution in [0.25, 0.3) is 5.57 Å². The highest BCUT2D eigenvalue weighted by Crippen LogP contribution is 2.17. The van der Waals surface area contributed by atoms with Crippen LogP contribution < -0.4 is 4.74 Å². The normalized spacial score (nSPS) is 11.5. The number of aliphatic hydroxyl groups is 1. The molecule has 70 valence electrons. The molecule has 1 aromatic rings. The number of aliphatic hydroxyl groups excluding tert-OH is 1. The second kappa shape index (κ2) is 4.67. The van der Waals surface area contributed by atoms with Crippen molar-refractivity contribution in [2.75, 3.05) is 13.7 Å². The van der Waals surface area contributed by atoms with Gasteiger partial charge in [0.05, 0.1) is 13.7 Å². The predicted molar refractivity (Wildman–Crippen MR) is 53.7 cm³/mol. The molecule has 0 saturated heterocycles. The van der Waals surface area contributed by atoms with Crippen molar-refractivity contribution in [2.45, 2.75) is 6.92 Å². The van der Waals surface area contributed by atoms with E-state index in [2.05, 4.69) is 0 Å². The monoisotopic (exact) mass is 178 g/mol. The fourth-order valence-corrected chi connectivity index (χ4v) is 1.15. The third-order valence-electron chi connectivity index (χ3n) is 1.98.